The first-order chi connectivity index (χ1) is 15.6. The van der Waals surface area contributed by atoms with E-state index in [0.29, 0.717) is 33.8 Å². The van der Waals surface area contributed by atoms with Gasteiger partial charge in [-0.15, -0.1) is 0 Å². The Morgan fingerprint density at radius 3 is 2.33 bits per heavy atom. The van der Waals surface area contributed by atoms with Crippen LogP contribution in [0.4, 0.5) is 4.79 Å². The van der Waals surface area contributed by atoms with Crippen LogP contribution >= 0.6 is 23.2 Å². The number of carbonyl (C=O) groups is 1. The third-order valence-electron chi connectivity index (χ3n) is 6.30. The molecule has 0 unspecified atom stereocenters. The fourth-order valence-corrected chi connectivity index (χ4v) is 4.91. The minimum absolute atomic E-state index is 0.116. The van der Waals surface area contributed by atoms with E-state index in [4.69, 9.17) is 37.2 Å². The smallest absolute Gasteiger partial charge is 0.410 e. The molecule has 0 bridgehead atoms. The van der Waals surface area contributed by atoms with Crippen LogP contribution in [0.1, 0.15) is 76.5 Å². The lowest BCUT2D eigenvalue weighted by Gasteiger charge is -2.35. The predicted molar refractivity (Wildman–Crippen MR) is 129 cm³/mol. The number of amides is 1. The van der Waals surface area contributed by atoms with Crippen molar-refractivity contribution in [3.63, 3.8) is 0 Å². The molecule has 1 aromatic heterocycles. The Labute approximate surface area is 205 Å². The number of carbonyl (C=O) groups excluding carboxylic acids is 1. The highest BCUT2D eigenvalue weighted by molar-refractivity contribution is 6.39. The van der Waals surface area contributed by atoms with Crippen LogP contribution in [-0.4, -0.2) is 40.9 Å². The molecule has 0 saturated heterocycles. The highest BCUT2D eigenvalue weighted by Gasteiger charge is 2.34. The van der Waals surface area contributed by atoms with Crippen LogP contribution in [0.5, 0.6) is 0 Å². The summed E-state index contributed by atoms with van der Waals surface area (Å²) in [5.74, 6) is 1.28. The Morgan fingerprint density at radius 1 is 1.12 bits per heavy atom. The molecule has 33 heavy (non-hydrogen) atoms. The molecule has 1 heterocycles. The standard InChI is InChI=1S/C25H32Cl2N2O4/c1-25(2,3)32-24(30)29(4)16-10-12-17(13-11-16)31-14-18-22(28-33-23(18)15-8-9-15)21-19(26)6-5-7-20(21)27/h5-7,15-17H,8-14H2,1-4H3/t16-,17-. The van der Waals surface area contributed by atoms with Gasteiger partial charge in [0.2, 0.25) is 0 Å². The average Bonchev–Trinajstić information content (AvgIpc) is 3.51. The van der Waals surface area contributed by atoms with E-state index >= 15 is 0 Å². The number of rotatable bonds is 6. The molecule has 0 N–H and O–H groups in total. The summed E-state index contributed by atoms with van der Waals surface area (Å²) in [7, 11) is 1.82. The summed E-state index contributed by atoms with van der Waals surface area (Å²) in [5, 5.41) is 5.43. The summed E-state index contributed by atoms with van der Waals surface area (Å²) in [6.45, 7) is 6.06. The number of ether oxygens (including phenoxy) is 2. The Balaban J connectivity index is 1.40. The van der Waals surface area contributed by atoms with Crippen molar-refractivity contribution in [3.8, 4) is 11.3 Å². The normalized spacial score (nSPS) is 21.2. The first-order valence-electron chi connectivity index (χ1n) is 11.6. The van der Waals surface area contributed by atoms with Crippen molar-refractivity contribution in [2.75, 3.05) is 7.05 Å². The molecule has 2 aliphatic rings. The van der Waals surface area contributed by atoms with Gasteiger partial charge in [0.15, 0.2) is 0 Å². The minimum Gasteiger partial charge on any atom is -0.444 e. The molecular formula is C25H32Cl2N2O4. The fraction of sp³-hybridized carbons (Fsp3) is 0.600. The second-order valence-electron chi connectivity index (χ2n) is 10.1. The van der Waals surface area contributed by atoms with Gasteiger partial charge in [0.25, 0.3) is 0 Å². The highest BCUT2D eigenvalue weighted by atomic mass is 35.5. The molecule has 0 atom stereocenters. The van der Waals surface area contributed by atoms with Crippen LogP contribution in [-0.2, 0) is 16.1 Å². The van der Waals surface area contributed by atoms with Gasteiger partial charge in [-0.3, -0.25) is 0 Å². The van der Waals surface area contributed by atoms with Crippen LogP contribution in [0.25, 0.3) is 11.3 Å². The molecular weight excluding hydrogens is 463 g/mol. The van der Waals surface area contributed by atoms with E-state index in [0.717, 1.165) is 49.8 Å². The molecule has 180 valence electrons. The number of halogens is 2. The molecule has 6 nitrogen and oxygen atoms in total. The maximum Gasteiger partial charge on any atom is 0.410 e. The zero-order chi connectivity index (χ0) is 23.8. The number of benzene rings is 1. The van der Waals surface area contributed by atoms with E-state index in [1.807, 2.05) is 33.9 Å². The molecule has 1 amide bonds. The van der Waals surface area contributed by atoms with Gasteiger partial charge in [0, 0.05) is 30.1 Å². The van der Waals surface area contributed by atoms with Crippen molar-refractivity contribution in [3.05, 3.63) is 39.6 Å². The molecule has 8 heteroatoms. The van der Waals surface area contributed by atoms with Gasteiger partial charge >= 0.3 is 6.09 Å². The highest BCUT2D eigenvalue weighted by Crippen LogP contribution is 2.46. The predicted octanol–water partition coefficient (Wildman–Crippen LogP) is 7.22. The van der Waals surface area contributed by atoms with Gasteiger partial charge in [-0.2, -0.15) is 0 Å². The molecule has 0 radical (unpaired) electrons. The van der Waals surface area contributed by atoms with Crippen LogP contribution in [0, 0.1) is 0 Å². The van der Waals surface area contributed by atoms with Gasteiger partial charge in [-0.1, -0.05) is 34.4 Å². The van der Waals surface area contributed by atoms with Crippen molar-refractivity contribution in [2.24, 2.45) is 0 Å². The number of hydrogen-bond donors (Lipinski definition) is 0. The zero-order valence-electron chi connectivity index (χ0n) is 19.7. The Morgan fingerprint density at radius 2 is 1.76 bits per heavy atom. The zero-order valence-corrected chi connectivity index (χ0v) is 21.2. The van der Waals surface area contributed by atoms with Crippen molar-refractivity contribution in [2.45, 2.75) is 89.6 Å². The van der Waals surface area contributed by atoms with Crippen molar-refractivity contribution < 1.29 is 18.8 Å². The monoisotopic (exact) mass is 494 g/mol. The minimum atomic E-state index is -0.494. The lowest BCUT2D eigenvalue weighted by Crippen LogP contribution is -2.43. The molecule has 2 saturated carbocycles. The molecule has 4 rings (SSSR count). The number of nitrogens with zero attached hydrogens (tertiary/aromatic N) is 2. The quantitative estimate of drug-likeness (QED) is 0.423. The summed E-state index contributed by atoms with van der Waals surface area (Å²) in [6, 6.07) is 5.59. The summed E-state index contributed by atoms with van der Waals surface area (Å²) < 4.78 is 17.6. The van der Waals surface area contributed by atoms with E-state index in [2.05, 4.69) is 5.16 Å². The average molecular weight is 495 g/mol. The fourth-order valence-electron chi connectivity index (χ4n) is 4.33. The molecule has 2 aliphatic carbocycles. The van der Waals surface area contributed by atoms with Crippen molar-refractivity contribution in [1.82, 2.24) is 10.1 Å². The maximum atomic E-state index is 12.4. The van der Waals surface area contributed by atoms with Crippen LogP contribution < -0.4 is 0 Å². The number of aromatic nitrogens is 1. The lowest BCUT2D eigenvalue weighted by atomic mass is 9.92. The molecule has 2 aromatic rings. The lowest BCUT2D eigenvalue weighted by molar-refractivity contribution is -0.0109. The van der Waals surface area contributed by atoms with Gasteiger partial charge in [-0.25, -0.2) is 4.79 Å². The molecule has 1 aromatic carbocycles. The summed E-state index contributed by atoms with van der Waals surface area (Å²) >= 11 is 12.9. The van der Waals surface area contributed by atoms with Gasteiger partial charge in [-0.05, 0) is 71.4 Å². The first kappa shape index (κ1) is 24.4. The largest absolute Gasteiger partial charge is 0.444 e. The summed E-state index contributed by atoms with van der Waals surface area (Å²) in [4.78, 5) is 14.1. The van der Waals surface area contributed by atoms with Gasteiger partial charge < -0.3 is 18.9 Å². The van der Waals surface area contributed by atoms with Crippen molar-refractivity contribution in [1.29, 1.82) is 0 Å². The second kappa shape index (κ2) is 9.85. The Bertz CT molecular complexity index is 969. The SMILES string of the molecule is CN(C(=O)OC(C)(C)C)[C@H]1CC[C@H](OCc2c(-c3c(Cl)cccc3Cl)noc2C2CC2)CC1. The van der Waals surface area contributed by atoms with Crippen LogP contribution in [0.15, 0.2) is 22.7 Å². The second-order valence-corrected chi connectivity index (χ2v) is 10.9. The first-order valence-corrected chi connectivity index (χ1v) is 12.4. The summed E-state index contributed by atoms with van der Waals surface area (Å²) in [6.07, 6.45) is 5.55. The van der Waals surface area contributed by atoms with E-state index < -0.39 is 5.60 Å². The third kappa shape index (κ3) is 5.84. The van der Waals surface area contributed by atoms with Gasteiger partial charge in [0.1, 0.15) is 17.1 Å². The van der Waals surface area contributed by atoms with E-state index in [1.54, 1.807) is 17.0 Å². The van der Waals surface area contributed by atoms with Crippen LogP contribution in [0.2, 0.25) is 10.0 Å². The Hall–Kier alpha value is -1.76. The van der Waals surface area contributed by atoms with Gasteiger partial charge in [0.05, 0.1) is 22.8 Å². The van der Waals surface area contributed by atoms with E-state index in [1.165, 1.54) is 0 Å². The Kier molecular flexibility index (Phi) is 7.27. The van der Waals surface area contributed by atoms with E-state index in [9.17, 15) is 4.79 Å². The van der Waals surface area contributed by atoms with Crippen molar-refractivity contribution >= 4 is 29.3 Å². The number of hydrogen-bond acceptors (Lipinski definition) is 5. The maximum absolute atomic E-state index is 12.4. The molecule has 0 aliphatic heterocycles. The topological polar surface area (TPSA) is 64.8 Å². The molecule has 0 spiro atoms. The molecule has 2 fully saturated rings. The van der Waals surface area contributed by atoms with E-state index in [-0.39, 0.29) is 18.2 Å². The third-order valence-corrected chi connectivity index (χ3v) is 6.93. The van der Waals surface area contributed by atoms with Crippen LogP contribution in [0.3, 0.4) is 0 Å². The summed E-state index contributed by atoms with van der Waals surface area (Å²) in [5.41, 5.74) is 1.82.